The third-order valence-electron chi connectivity index (χ3n) is 4.75. The number of carbonyl (C=O) groups is 2. The maximum absolute atomic E-state index is 13.1. The monoisotopic (exact) mass is 478 g/mol. The number of nitrogens with zero attached hydrogens (tertiary/aromatic N) is 2. The van der Waals surface area contributed by atoms with Crippen molar-refractivity contribution in [2.75, 3.05) is 49.6 Å². The maximum Gasteiger partial charge on any atom is 0.387 e. The van der Waals surface area contributed by atoms with Crippen molar-refractivity contribution in [2.24, 2.45) is 11.1 Å². The number of hydrogen-bond donors (Lipinski definition) is 2. The van der Waals surface area contributed by atoms with E-state index in [2.05, 4.69) is 10.1 Å². The summed E-state index contributed by atoms with van der Waals surface area (Å²) in [5.74, 6) is -1.46. The lowest BCUT2D eigenvalue weighted by molar-refractivity contribution is -0.125. The highest BCUT2D eigenvalue weighted by molar-refractivity contribution is 5.98. The van der Waals surface area contributed by atoms with Gasteiger partial charge in [-0.05, 0) is 17.5 Å². The highest BCUT2D eigenvalue weighted by atomic mass is 19.3. The van der Waals surface area contributed by atoms with Crippen LogP contribution < -0.4 is 20.7 Å². The van der Waals surface area contributed by atoms with Crippen molar-refractivity contribution in [3.63, 3.8) is 0 Å². The Morgan fingerprint density at radius 1 is 1.30 bits per heavy atom. The zero-order chi connectivity index (χ0) is 24.8. The number of nitrogens with two attached hydrogens (primary N) is 1. The lowest BCUT2D eigenvalue weighted by Crippen LogP contribution is -2.52. The molecular weight excluding hydrogens is 448 g/mol. The van der Waals surface area contributed by atoms with Crippen molar-refractivity contribution < 1.29 is 36.6 Å². The first-order chi connectivity index (χ1) is 15.4. The summed E-state index contributed by atoms with van der Waals surface area (Å²) in [5, 5.41) is 2.46. The van der Waals surface area contributed by atoms with E-state index < -0.39 is 36.9 Å². The molecule has 1 atom stereocenters. The summed E-state index contributed by atoms with van der Waals surface area (Å²) in [5.41, 5.74) is 5.51. The number of benzene rings is 1. The number of alkyl halides is 4. The number of ether oxygens (including phenoxy) is 2. The summed E-state index contributed by atoms with van der Waals surface area (Å²) in [6.45, 7) is 1.87. The van der Waals surface area contributed by atoms with Gasteiger partial charge in [0.2, 0.25) is 5.91 Å². The quantitative estimate of drug-likeness (QED) is 0.502. The van der Waals surface area contributed by atoms with Gasteiger partial charge in [-0.1, -0.05) is 20.8 Å². The van der Waals surface area contributed by atoms with Crippen molar-refractivity contribution in [2.45, 2.75) is 39.9 Å². The number of anilines is 2. The highest BCUT2D eigenvalue weighted by Gasteiger charge is 2.31. The van der Waals surface area contributed by atoms with Crippen molar-refractivity contribution in [1.82, 2.24) is 4.90 Å². The summed E-state index contributed by atoms with van der Waals surface area (Å²) in [6.07, 6.45) is -2.70. The van der Waals surface area contributed by atoms with Crippen LogP contribution in [0.3, 0.4) is 0 Å². The van der Waals surface area contributed by atoms with E-state index >= 15 is 0 Å². The van der Waals surface area contributed by atoms with Gasteiger partial charge in [0.1, 0.15) is 12.6 Å². The molecule has 1 saturated heterocycles. The first kappa shape index (κ1) is 26.8. The van der Waals surface area contributed by atoms with Gasteiger partial charge in [-0.15, -0.1) is 0 Å². The second-order valence-corrected chi connectivity index (χ2v) is 8.78. The SMILES string of the molecule is CC(C)(C)CN(CC(F)F)[C@@H](CN)C(=O)Nc1ccc(N2CCOCC2=O)cc1OC(F)F. The molecule has 0 unspecified atom stereocenters. The predicted molar refractivity (Wildman–Crippen MR) is 115 cm³/mol. The predicted octanol–water partition coefficient (Wildman–Crippen LogP) is 2.53. The Balaban J connectivity index is 2.29. The number of morpholine rings is 1. The first-order valence-electron chi connectivity index (χ1n) is 10.4. The fourth-order valence-corrected chi connectivity index (χ4v) is 3.49. The summed E-state index contributed by atoms with van der Waals surface area (Å²) in [6, 6.07) is 2.84. The van der Waals surface area contributed by atoms with Crippen LogP contribution in [-0.4, -0.2) is 75.2 Å². The molecule has 1 aromatic carbocycles. The van der Waals surface area contributed by atoms with Crippen molar-refractivity contribution in [3.05, 3.63) is 18.2 Å². The summed E-state index contributed by atoms with van der Waals surface area (Å²) in [7, 11) is 0. The summed E-state index contributed by atoms with van der Waals surface area (Å²) in [4.78, 5) is 27.6. The lowest BCUT2D eigenvalue weighted by atomic mass is 9.95. The van der Waals surface area contributed by atoms with E-state index in [1.165, 1.54) is 28.0 Å². The van der Waals surface area contributed by atoms with E-state index in [0.29, 0.717) is 5.69 Å². The number of halogens is 4. The van der Waals surface area contributed by atoms with Gasteiger partial charge in [-0.2, -0.15) is 8.78 Å². The minimum Gasteiger partial charge on any atom is -0.433 e. The smallest absolute Gasteiger partial charge is 0.387 e. The van der Waals surface area contributed by atoms with Crippen molar-refractivity contribution in [3.8, 4) is 5.75 Å². The first-order valence-corrected chi connectivity index (χ1v) is 10.4. The van der Waals surface area contributed by atoms with Crippen LogP contribution in [0.4, 0.5) is 28.9 Å². The molecule has 12 heteroatoms. The minimum atomic E-state index is -3.20. The summed E-state index contributed by atoms with van der Waals surface area (Å²) < 4.78 is 62.0. The minimum absolute atomic E-state index is 0.101. The summed E-state index contributed by atoms with van der Waals surface area (Å²) >= 11 is 0. The molecule has 1 aliphatic heterocycles. The molecule has 1 aliphatic rings. The van der Waals surface area contributed by atoms with Gasteiger partial charge in [-0.3, -0.25) is 14.5 Å². The van der Waals surface area contributed by atoms with Gasteiger partial charge in [0, 0.05) is 31.4 Å². The van der Waals surface area contributed by atoms with E-state index in [1.54, 1.807) is 0 Å². The Morgan fingerprint density at radius 3 is 2.55 bits per heavy atom. The van der Waals surface area contributed by atoms with Crippen LogP contribution in [0, 0.1) is 5.41 Å². The average molecular weight is 478 g/mol. The molecule has 2 rings (SSSR count). The van der Waals surface area contributed by atoms with Gasteiger partial charge in [0.15, 0.2) is 5.75 Å². The zero-order valence-corrected chi connectivity index (χ0v) is 18.8. The molecule has 0 saturated carbocycles. The molecule has 0 radical (unpaired) electrons. The number of nitrogens with one attached hydrogen (secondary N) is 1. The molecule has 0 bridgehead atoms. The van der Waals surface area contributed by atoms with Crippen LogP contribution in [0.25, 0.3) is 0 Å². The highest BCUT2D eigenvalue weighted by Crippen LogP contribution is 2.32. The molecule has 3 N–H and O–H groups in total. The van der Waals surface area contributed by atoms with Crippen molar-refractivity contribution >= 4 is 23.2 Å². The third kappa shape index (κ3) is 8.13. The van der Waals surface area contributed by atoms with Gasteiger partial charge in [-0.25, -0.2) is 8.78 Å². The largest absolute Gasteiger partial charge is 0.433 e. The van der Waals surface area contributed by atoms with Crippen LogP contribution in [0.5, 0.6) is 5.75 Å². The molecule has 186 valence electrons. The van der Waals surface area contributed by atoms with E-state index in [1.807, 2.05) is 20.8 Å². The van der Waals surface area contributed by atoms with E-state index in [-0.39, 0.29) is 50.2 Å². The Kier molecular flexibility index (Phi) is 9.44. The van der Waals surface area contributed by atoms with Crippen LogP contribution in [-0.2, 0) is 14.3 Å². The molecule has 8 nitrogen and oxygen atoms in total. The third-order valence-corrected chi connectivity index (χ3v) is 4.75. The average Bonchev–Trinajstić information content (AvgIpc) is 2.68. The second kappa shape index (κ2) is 11.6. The fraction of sp³-hybridized carbons (Fsp3) is 0.619. The molecular formula is C21H30F4N4O4. The molecule has 0 aliphatic carbocycles. The van der Waals surface area contributed by atoms with E-state index in [0.717, 1.165) is 0 Å². The van der Waals surface area contributed by atoms with Crippen molar-refractivity contribution in [1.29, 1.82) is 0 Å². The van der Waals surface area contributed by atoms with E-state index in [4.69, 9.17) is 10.5 Å². The lowest BCUT2D eigenvalue weighted by Gasteiger charge is -2.35. The number of rotatable bonds is 10. The number of hydrogen-bond acceptors (Lipinski definition) is 6. The van der Waals surface area contributed by atoms with Crippen LogP contribution >= 0.6 is 0 Å². The Labute approximate surface area is 190 Å². The molecule has 2 amide bonds. The van der Waals surface area contributed by atoms with Crippen LogP contribution in [0.2, 0.25) is 0 Å². The van der Waals surface area contributed by atoms with Crippen LogP contribution in [0.1, 0.15) is 20.8 Å². The van der Waals surface area contributed by atoms with Gasteiger partial charge >= 0.3 is 6.61 Å². The standard InChI is InChI=1S/C21H30F4N4O4/c1-21(2,3)12-28(10-17(22)23)15(9-26)19(31)27-14-5-4-13(8-16(14)33-20(24)25)29-6-7-32-11-18(29)30/h4-5,8,15,17,20H,6-7,9-12,26H2,1-3H3,(H,27,31)/t15-/m0/s1. The Bertz CT molecular complexity index is 820. The van der Waals surface area contributed by atoms with E-state index in [9.17, 15) is 27.2 Å². The topological polar surface area (TPSA) is 97.1 Å². The number of carbonyl (C=O) groups excluding carboxylic acids is 2. The maximum atomic E-state index is 13.1. The molecule has 0 spiro atoms. The van der Waals surface area contributed by atoms with Gasteiger partial charge in [0.25, 0.3) is 12.3 Å². The van der Waals surface area contributed by atoms with Gasteiger partial charge in [0.05, 0.1) is 18.8 Å². The molecule has 33 heavy (non-hydrogen) atoms. The zero-order valence-electron chi connectivity index (χ0n) is 18.8. The molecule has 1 heterocycles. The molecule has 1 aromatic rings. The number of amides is 2. The normalized spacial score (nSPS) is 16.0. The Hall–Kier alpha value is -2.44. The second-order valence-electron chi connectivity index (χ2n) is 8.78. The molecule has 1 fully saturated rings. The molecule has 0 aromatic heterocycles. The Morgan fingerprint density at radius 2 is 2.00 bits per heavy atom. The van der Waals surface area contributed by atoms with Crippen LogP contribution in [0.15, 0.2) is 18.2 Å². The fourth-order valence-electron chi connectivity index (χ4n) is 3.49. The van der Waals surface area contributed by atoms with Gasteiger partial charge < -0.3 is 25.4 Å².